The summed E-state index contributed by atoms with van der Waals surface area (Å²) < 4.78 is 19.4. The maximum absolute atomic E-state index is 6.27. The molecule has 0 amide bonds. The molecule has 2 fully saturated rings. The summed E-state index contributed by atoms with van der Waals surface area (Å²) in [5.41, 5.74) is 15.7. The Bertz CT molecular complexity index is 1050. The number of nitrogens with zero attached hydrogens (tertiary/aromatic N) is 3. The monoisotopic (exact) mass is 395 g/mol. The van der Waals surface area contributed by atoms with Gasteiger partial charge in [-0.15, -0.1) is 0 Å². The first kappa shape index (κ1) is 18.2. The summed E-state index contributed by atoms with van der Waals surface area (Å²) in [5.74, 6) is 0.712. The zero-order valence-corrected chi connectivity index (χ0v) is 16.4. The van der Waals surface area contributed by atoms with Crippen molar-refractivity contribution in [1.82, 2.24) is 14.5 Å². The number of aromatic nitrogens is 3. The molecule has 0 radical (unpaired) electrons. The highest BCUT2D eigenvalue weighted by Crippen LogP contribution is 2.43. The van der Waals surface area contributed by atoms with Gasteiger partial charge in [0.05, 0.1) is 31.4 Å². The molecule has 0 unspecified atom stereocenters. The average molecular weight is 395 g/mol. The predicted octanol–water partition coefficient (Wildman–Crippen LogP) is 3.13. The fourth-order valence-electron chi connectivity index (χ4n) is 4.59. The van der Waals surface area contributed by atoms with Crippen LogP contribution in [0.1, 0.15) is 31.7 Å². The number of hydrogen-bond donors (Lipinski definition) is 2. The summed E-state index contributed by atoms with van der Waals surface area (Å²) in [5, 5.41) is 0.855. The standard InChI is InChI=1S/C21H25N5O3/c1-27-17-10-13(2-3-16(17)22)15-11-26(20-18(15)19(23)24-12-25-20)14-4-6-21(7-5-14)28-8-9-29-21/h2-3,10-12,14H,4-9,22H2,1H3,(H2,23,24,25). The fourth-order valence-corrected chi connectivity index (χ4v) is 4.59. The van der Waals surface area contributed by atoms with E-state index in [2.05, 4.69) is 20.7 Å². The Labute approximate surface area is 168 Å². The highest BCUT2D eigenvalue weighted by molar-refractivity contribution is 6.01. The molecule has 1 saturated heterocycles. The van der Waals surface area contributed by atoms with Crippen LogP contribution in [-0.2, 0) is 9.47 Å². The quantitative estimate of drug-likeness (QED) is 0.656. The molecule has 1 aliphatic heterocycles. The highest BCUT2D eigenvalue weighted by Gasteiger charge is 2.41. The SMILES string of the molecule is COc1cc(-c2cn(C3CCC4(CC3)OCCO4)c3ncnc(N)c23)ccc1N. The number of nitrogens with two attached hydrogens (primary N) is 2. The van der Waals surface area contributed by atoms with E-state index in [0.717, 1.165) is 47.8 Å². The van der Waals surface area contributed by atoms with E-state index in [1.54, 1.807) is 7.11 Å². The molecule has 1 spiro atoms. The van der Waals surface area contributed by atoms with Gasteiger partial charge in [0.2, 0.25) is 0 Å². The van der Waals surface area contributed by atoms with Crippen molar-refractivity contribution in [3.8, 4) is 16.9 Å². The molecule has 4 N–H and O–H groups in total. The van der Waals surface area contributed by atoms with E-state index in [9.17, 15) is 0 Å². The second-order valence-electron chi connectivity index (χ2n) is 7.70. The maximum Gasteiger partial charge on any atom is 0.168 e. The third-order valence-electron chi connectivity index (χ3n) is 6.11. The van der Waals surface area contributed by atoms with Gasteiger partial charge >= 0.3 is 0 Å². The van der Waals surface area contributed by atoms with Crippen LogP contribution in [0.2, 0.25) is 0 Å². The lowest BCUT2D eigenvalue weighted by molar-refractivity contribution is -0.181. The first-order valence-electron chi connectivity index (χ1n) is 9.93. The maximum atomic E-state index is 6.27. The van der Waals surface area contributed by atoms with Gasteiger partial charge < -0.3 is 30.2 Å². The average Bonchev–Trinajstić information content (AvgIpc) is 3.35. The van der Waals surface area contributed by atoms with Crippen LogP contribution in [-0.4, -0.2) is 40.6 Å². The van der Waals surface area contributed by atoms with Crippen molar-refractivity contribution in [2.24, 2.45) is 0 Å². The van der Waals surface area contributed by atoms with Crippen molar-refractivity contribution in [2.45, 2.75) is 37.5 Å². The molecule has 1 aliphatic carbocycles. The molecular weight excluding hydrogens is 370 g/mol. The number of ether oxygens (including phenoxy) is 3. The molecule has 5 rings (SSSR count). The van der Waals surface area contributed by atoms with Crippen LogP contribution in [0.4, 0.5) is 11.5 Å². The Hall–Kier alpha value is -2.84. The van der Waals surface area contributed by atoms with Crippen LogP contribution in [0.3, 0.4) is 0 Å². The van der Waals surface area contributed by atoms with Gasteiger partial charge in [-0.25, -0.2) is 9.97 Å². The molecule has 8 heteroatoms. The van der Waals surface area contributed by atoms with E-state index < -0.39 is 0 Å². The van der Waals surface area contributed by atoms with Crippen LogP contribution in [0.25, 0.3) is 22.2 Å². The van der Waals surface area contributed by atoms with Crippen molar-refractivity contribution in [3.63, 3.8) is 0 Å². The molecule has 2 aromatic heterocycles. The molecular formula is C21H25N5O3. The van der Waals surface area contributed by atoms with E-state index >= 15 is 0 Å². The summed E-state index contributed by atoms with van der Waals surface area (Å²) in [6.45, 7) is 1.37. The van der Waals surface area contributed by atoms with Gasteiger partial charge in [0.1, 0.15) is 23.5 Å². The van der Waals surface area contributed by atoms with Crippen LogP contribution in [0, 0.1) is 0 Å². The first-order valence-corrected chi connectivity index (χ1v) is 9.93. The Morgan fingerprint density at radius 2 is 1.90 bits per heavy atom. The van der Waals surface area contributed by atoms with Crippen molar-refractivity contribution >= 4 is 22.5 Å². The number of methoxy groups -OCH3 is 1. The van der Waals surface area contributed by atoms with Crippen molar-refractivity contribution in [2.75, 3.05) is 31.8 Å². The molecule has 0 atom stereocenters. The van der Waals surface area contributed by atoms with E-state index in [1.807, 2.05) is 18.2 Å². The summed E-state index contributed by atoms with van der Waals surface area (Å²) >= 11 is 0. The summed E-state index contributed by atoms with van der Waals surface area (Å²) in [6.07, 6.45) is 7.32. The molecule has 152 valence electrons. The Kier molecular flexibility index (Phi) is 4.33. The van der Waals surface area contributed by atoms with E-state index in [0.29, 0.717) is 36.5 Å². The highest BCUT2D eigenvalue weighted by atomic mass is 16.7. The zero-order chi connectivity index (χ0) is 20.0. The van der Waals surface area contributed by atoms with Crippen molar-refractivity contribution in [1.29, 1.82) is 0 Å². The number of rotatable bonds is 3. The first-order chi connectivity index (χ1) is 14.1. The number of benzene rings is 1. The van der Waals surface area contributed by atoms with Crippen LogP contribution < -0.4 is 16.2 Å². The normalized spacial score (nSPS) is 19.2. The van der Waals surface area contributed by atoms with Crippen LogP contribution in [0.15, 0.2) is 30.7 Å². The fraction of sp³-hybridized carbons (Fsp3) is 0.429. The Morgan fingerprint density at radius 1 is 1.14 bits per heavy atom. The van der Waals surface area contributed by atoms with Crippen LogP contribution >= 0.6 is 0 Å². The minimum atomic E-state index is -0.388. The number of anilines is 2. The van der Waals surface area contributed by atoms with Crippen molar-refractivity contribution < 1.29 is 14.2 Å². The summed E-state index contributed by atoms with van der Waals surface area (Å²) in [6, 6.07) is 6.04. The number of hydrogen-bond acceptors (Lipinski definition) is 7. The molecule has 8 nitrogen and oxygen atoms in total. The summed E-state index contributed by atoms with van der Waals surface area (Å²) in [7, 11) is 1.61. The largest absolute Gasteiger partial charge is 0.495 e. The van der Waals surface area contributed by atoms with Gasteiger partial charge in [-0.1, -0.05) is 6.07 Å². The van der Waals surface area contributed by atoms with Gasteiger partial charge in [-0.05, 0) is 30.5 Å². The van der Waals surface area contributed by atoms with E-state index in [1.165, 1.54) is 6.33 Å². The molecule has 2 aliphatic rings. The van der Waals surface area contributed by atoms with E-state index in [-0.39, 0.29) is 5.79 Å². The minimum Gasteiger partial charge on any atom is -0.495 e. The number of fused-ring (bicyclic) bond motifs is 1. The second-order valence-corrected chi connectivity index (χ2v) is 7.70. The van der Waals surface area contributed by atoms with Gasteiger partial charge in [0, 0.05) is 30.6 Å². The van der Waals surface area contributed by atoms with Gasteiger partial charge in [-0.3, -0.25) is 0 Å². The third-order valence-corrected chi connectivity index (χ3v) is 6.11. The van der Waals surface area contributed by atoms with Crippen molar-refractivity contribution in [3.05, 3.63) is 30.7 Å². The lowest BCUT2D eigenvalue weighted by Gasteiger charge is -2.36. The lowest BCUT2D eigenvalue weighted by Crippen LogP contribution is -2.35. The molecule has 0 bridgehead atoms. The van der Waals surface area contributed by atoms with E-state index in [4.69, 9.17) is 25.7 Å². The minimum absolute atomic E-state index is 0.301. The van der Waals surface area contributed by atoms with Gasteiger partial charge in [0.15, 0.2) is 5.79 Å². The topological polar surface area (TPSA) is 110 Å². The number of nitrogen functional groups attached to an aromatic ring is 2. The smallest absolute Gasteiger partial charge is 0.168 e. The zero-order valence-electron chi connectivity index (χ0n) is 16.4. The van der Waals surface area contributed by atoms with Gasteiger partial charge in [0.25, 0.3) is 0 Å². The second kappa shape index (κ2) is 6.89. The Balaban J connectivity index is 1.57. The molecule has 3 aromatic rings. The molecule has 29 heavy (non-hydrogen) atoms. The lowest BCUT2D eigenvalue weighted by atomic mass is 9.90. The Morgan fingerprint density at radius 3 is 2.62 bits per heavy atom. The third kappa shape index (κ3) is 2.99. The molecule has 1 aromatic carbocycles. The molecule has 1 saturated carbocycles. The predicted molar refractivity (Wildman–Crippen MR) is 110 cm³/mol. The van der Waals surface area contributed by atoms with Gasteiger partial charge in [-0.2, -0.15) is 0 Å². The summed E-state index contributed by atoms with van der Waals surface area (Å²) in [4.78, 5) is 8.79. The molecule has 3 heterocycles. The van der Waals surface area contributed by atoms with Crippen LogP contribution in [0.5, 0.6) is 5.75 Å².